The van der Waals surface area contributed by atoms with E-state index in [-0.39, 0.29) is 5.91 Å². The summed E-state index contributed by atoms with van der Waals surface area (Å²) in [6.45, 7) is 5.43. The van der Waals surface area contributed by atoms with Crippen molar-refractivity contribution >= 4 is 17.7 Å². The van der Waals surface area contributed by atoms with E-state index in [1.807, 2.05) is 26.4 Å². The predicted octanol–water partition coefficient (Wildman–Crippen LogP) is 3.93. The van der Waals surface area contributed by atoms with E-state index in [0.29, 0.717) is 6.42 Å². The number of aliphatic carboxylic acids is 1. The smallest absolute Gasteiger partial charge is 0.326 e. The van der Waals surface area contributed by atoms with Gasteiger partial charge in [-0.25, -0.2) is 9.78 Å². The van der Waals surface area contributed by atoms with Crippen molar-refractivity contribution in [3.8, 4) is 0 Å². The minimum absolute atomic E-state index is 0.127. The van der Waals surface area contributed by atoms with Gasteiger partial charge in [-0.1, -0.05) is 38.7 Å². The van der Waals surface area contributed by atoms with E-state index < -0.39 is 17.4 Å². The zero-order valence-electron chi connectivity index (χ0n) is 23.0. The fourth-order valence-corrected chi connectivity index (χ4v) is 5.53. The molecule has 0 aromatic carbocycles. The van der Waals surface area contributed by atoms with Gasteiger partial charge in [0.25, 0.3) is 0 Å². The SMILES string of the molecule is Cn1cc(CN2CCC(C)(C(=O)NC(CCCCCCCc3ccc4c(n3)NCCC4)C(=O)O)CC2)cn1. The first-order valence-electron chi connectivity index (χ1n) is 14.3. The monoisotopic (exact) mass is 524 g/mol. The standard InChI is InChI=1S/C29H44N6O3/c1-29(14-17-35(18-15-29)21-22-19-31-34(2)20-22)28(38)33-25(27(36)37)11-7-5-3-4-6-10-24-13-12-23-9-8-16-30-26(23)32-24/h12-13,19-20,25H,3-11,14-18,21H2,1-2H3,(H,30,32)(H,33,38)(H,36,37). The Bertz CT molecular complexity index is 1080. The van der Waals surface area contributed by atoms with Crippen molar-refractivity contribution in [1.29, 1.82) is 0 Å². The van der Waals surface area contributed by atoms with E-state index in [4.69, 9.17) is 4.98 Å². The number of pyridine rings is 1. The molecule has 0 aliphatic carbocycles. The third-order valence-corrected chi connectivity index (χ3v) is 8.15. The zero-order chi connectivity index (χ0) is 27.0. The normalized spacial score (nSPS) is 17.8. The van der Waals surface area contributed by atoms with Crippen molar-refractivity contribution in [2.45, 2.75) is 90.1 Å². The number of carbonyl (C=O) groups excluding carboxylic acids is 1. The molecule has 2 aromatic rings. The first-order chi connectivity index (χ1) is 18.3. The lowest BCUT2D eigenvalue weighted by Gasteiger charge is -2.38. The highest BCUT2D eigenvalue weighted by molar-refractivity contribution is 5.87. The van der Waals surface area contributed by atoms with Gasteiger partial charge in [-0.15, -0.1) is 0 Å². The summed E-state index contributed by atoms with van der Waals surface area (Å²) in [5.74, 6) is -0.0133. The van der Waals surface area contributed by atoms with Crippen LogP contribution in [-0.2, 0) is 36.0 Å². The number of rotatable bonds is 13. The molecular formula is C29H44N6O3. The molecule has 1 atom stereocenters. The minimum Gasteiger partial charge on any atom is -0.480 e. The quantitative estimate of drug-likeness (QED) is 0.340. The van der Waals surface area contributed by atoms with Crippen molar-refractivity contribution < 1.29 is 14.7 Å². The van der Waals surface area contributed by atoms with Gasteiger partial charge in [-0.3, -0.25) is 14.4 Å². The number of aromatic nitrogens is 3. The Kier molecular flexibility index (Phi) is 9.77. The average Bonchev–Trinajstić information content (AvgIpc) is 3.32. The number of hydrogen-bond donors (Lipinski definition) is 3. The van der Waals surface area contributed by atoms with Crippen molar-refractivity contribution in [1.82, 2.24) is 25.0 Å². The summed E-state index contributed by atoms with van der Waals surface area (Å²) in [6, 6.07) is 3.54. The molecule has 9 heteroatoms. The van der Waals surface area contributed by atoms with Gasteiger partial charge in [0.15, 0.2) is 0 Å². The van der Waals surface area contributed by atoms with E-state index in [9.17, 15) is 14.7 Å². The summed E-state index contributed by atoms with van der Waals surface area (Å²) in [7, 11) is 1.91. The first-order valence-corrected chi connectivity index (χ1v) is 14.3. The number of nitrogens with one attached hydrogen (secondary N) is 2. The number of piperidine rings is 1. The fraction of sp³-hybridized carbons (Fsp3) is 0.655. The van der Waals surface area contributed by atoms with Crippen LogP contribution < -0.4 is 10.6 Å². The molecular weight excluding hydrogens is 480 g/mol. The van der Waals surface area contributed by atoms with Gasteiger partial charge >= 0.3 is 5.97 Å². The molecule has 208 valence electrons. The van der Waals surface area contributed by atoms with Gasteiger partial charge in [-0.2, -0.15) is 5.10 Å². The van der Waals surface area contributed by atoms with E-state index in [2.05, 4.69) is 32.8 Å². The van der Waals surface area contributed by atoms with Crippen LogP contribution in [0.1, 0.15) is 81.5 Å². The van der Waals surface area contributed by atoms with Gasteiger partial charge in [0.2, 0.25) is 5.91 Å². The van der Waals surface area contributed by atoms with Gasteiger partial charge in [-0.05, 0) is 69.7 Å². The molecule has 0 saturated carbocycles. The number of carbonyl (C=O) groups is 2. The number of nitrogens with zero attached hydrogens (tertiary/aromatic N) is 4. The molecule has 4 heterocycles. The second-order valence-corrected chi connectivity index (χ2v) is 11.4. The third-order valence-electron chi connectivity index (χ3n) is 8.15. The van der Waals surface area contributed by atoms with E-state index in [1.165, 1.54) is 17.5 Å². The van der Waals surface area contributed by atoms with Crippen LogP contribution in [0.2, 0.25) is 0 Å². The van der Waals surface area contributed by atoms with Crippen LogP contribution >= 0.6 is 0 Å². The lowest BCUT2D eigenvalue weighted by Crippen LogP contribution is -2.51. The number of likely N-dealkylation sites (tertiary alicyclic amines) is 1. The molecule has 0 bridgehead atoms. The molecule has 38 heavy (non-hydrogen) atoms. The highest BCUT2D eigenvalue weighted by Gasteiger charge is 2.38. The van der Waals surface area contributed by atoms with Crippen molar-refractivity contribution in [2.24, 2.45) is 12.5 Å². The predicted molar refractivity (Wildman–Crippen MR) is 148 cm³/mol. The van der Waals surface area contributed by atoms with Crippen LogP contribution in [0.25, 0.3) is 0 Å². The molecule has 3 N–H and O–H groups in total. The number of fused-ring (bicyclic) bond motifs is 1. The Morgan fingerprint density at radius 2 is 1.92 bits per heavy atom. The number of carboxylic acids is 1. The molecule has 1 amide bonds. The first kappa shape index (κ1) is 28.1. The molecule has 0 spiro atoms. The number of aryl methyl sites for hydroxylation is 3. The molecule has 1 fully saturated rings. The molecule has 1 saturated heterocycles. The molecule has 9 nitrogen and oxygen atoms in total. The fourth-order valence-electron chi connectivity index (χ4n) is 5.53. The van der Waals surface area contributed by atoms with Crippen LogP contribution in [0.4, 0.5) is 5.82 Å². The summed E-state index contributed by atoms with van der Waals surface area (Å²) < 4.78 is 1.80. The second kappa shape index (κ2) is 13.2. The molecule has 2 aromatic heterocycles. The van der Waals surface area contributed by atoms with Gasteiger partial charge < -0.3 is 15.7 Å². The number of amides is 1. The lowest BCUT2D eigenvalue weighted by atomic mass is 9.79. The van der Waals surface area contributed by atoms with E-state index >= 15 is 0 Å². The summed E-state index contributed by atoms with van der Waals surface area (Å²) in [5, 5.41) is 20.2. The number of anilines is 1. The Hall–Kier alpha value is -2.94. The van der Waals surface area contributed by atoms with Crippen molar-refractivity contribution in [3.63, 3.8) is 0 Å². The topological polar surface area (TPSA) is 112 Å². The summed E-state index contributed by atoms with van der Waals surface area (Å²) in [5.41, 5.74) is 3.10. The average molecular weight is 525 g/mol. The van der Waals surface area contributed by atoms with Crippen molar-refractivity contribution in [3.05, 3.63) is 41.3 Å². The number of unbranched alkanes of at least 4 members (excludes halogenated alkanes) is 4. The van der Waals surface area contributed by atoms with Crippen LogP contribution in [0.5, 0.6) is 0 Å². The van der Waals surface area contributed by atoms with Crippen LogP contribution in [-0.4, -0.2) is 62.3 Å². The Labute approximate surface area is 226 Å². The maximum absolute atomic E-state index is 13.1. The number of hydrogen-bond acceptors (Lipinski definition) is 6. The highest BCUT2D eigenvalue weighted by Crippen LogP contribution is 2.32. The van der Waals surface area contributed by atoms with Crippen LogP contribution in [0.3, 0.4) is 0 Å². The maximum Gasteiger partial charge on any atom is 0.326 e. The Morgan fingerprint density at radius 1 is 1.16 bits per heavy atom. The number of carboxylic acid groups (broad SMARTS) is 1. The van der Waals surface area contributed by atoms with E-state index in [0.717, 1.165) is 95.5 Å². The van der Waals surface area contributed by atoms with E-state index in [1.54, 1.807) is 4.68 Å². The molecule has 2 aliphatic heterocycles. The van der Waals surface area contributed by atoms with Crippen LogP contribution in [0.15, 0.2) is 24.5 Å². The summed E-state index contributed by atoms with van der Waals surface area (Å²) in [6.07, 6.45) is 14.1. The summed E-state index contributed by atoms with van der Waals surface area (Å²) >= 11 is 0. The maximum atomic E-state index is 13.1. The van der Waals surface area contributed by atoms with Gasteiger partial charge in [0.1, 0.15) is 11.9 Å². The zero-order valence-corrected chi connectivity index (χ0v) is 23.0. The Balaban J connectivity index is 1.12. The lowest BCUT2D eigenvalue weighted by molar-refractivity contribution is -0.144. The van der Waals surface area contributed by atoms with Gasteiger partial charge in [0.05, 0.1) is 6.20 Å². The minimum atomic E-state index is -0.942. The Morgan fingerprint density at radius 3 is 2.66 bits per heavy atom. The molecule has 1 unspecified atom stereocenters. The molecule has 4 rings (SSSR count). The van der Waals surface area contributed by atoms with Crippen molar-refractivity contribution in [2.75, 3.05) is 25.0 Å². The van der Waals surface area contributed by atoms with Gasteiger partial charge in [0, 0.05) is 43.0 Å². The molecule has 2 aliphatic rings. The van der Waals surface area contributed by atoms with Crippen LogP contribution in [0, 0.1) is 5.41 Å². The summed E-state index contributed by atoms with van der Waals surface area (Å²) in [4.78, 5) is 32.0. The highest BCUT2D eigenvalue weighted by atomic mass is 16.4. The second-order valence-electron chi connectivity index (χ2n) is 11.4. The molecule has 0 radical (unpaired) electrons. The largest absolute Gasteiger partial charge is 0.480 e. The third kappa shape index (κ3) is 7.79.